The minimum absolute atomic E-state index is 0. The van der Waals surface area contributed by atoms with Crippen LogP contribution < -0.4 is 0 Å². The molecule has 0 aliphatic carbocycles. The first-order valence-electron chi connectivity index (χ1n) is 12.8. The van der Waals surface area contributed by atoms with Gasteiger partial charge in [-0.3, -0.25) is 0 Å². The van der Waals surface area contributed by atoms with Crippen LogP contribution in [0.5, 0.6) is 0 Å². The summed E-state index contributed by atoms with van der Waals surface area (Å²) < 4.78 is 0. The van der Waals surface area contributed by atoms with E-state index in [2.05, 4.69) is 93.1 Å². The van der Waals surface area contributed by atoms with E-state index in [9.17, 15) is 0 Å². The number of allylic oxidation sites excluding steroid dienone is 2. The molecule has 0 spiro atoms. The van der Waals surface area contributed by atoms with Crippen molar-refractivity contribution in [3.63, 3.8) is 0 Å². The number of hydrogen-bond acceptors (Lipinski definition) is 0. The summed E-state index contributed by atoms with van der Waals surface area (Å²) in [6.45, 7) is 26.2. The van der Waals surface area contributed by atoms with Gasteiger partial charge in [0.2, 0.25) is 0 Å². The Hall–Kier alpha value is 1.12. The van der Waals surface area contributed by atoms with Gasteiger partial charge in [-0.1, -0.05) is 160 Å². The van der Waals surface area contributed by atoms with Crippen molar-refractivity contribution in [2.75, 3.05) is 0 Å². The van der Waals surface area contributed by atoms with Gasteiger partial charge < -0.3 is 0 Å². The van der Waals surface area contributed by atoms with Crippen molar-refractivity contribution in [1.29, 1.82) is 0 Å². The molecule has 188 valence electrons. The van der Waals surface area contributed by atoms with Crippen LogP contribution >= 0.6 is 10.9 Å². The molecule has 31 heavy (non-hydrogen) atoms. The van der Waals surface area contributed by atoms with Crippen LogP contribution in [-0.2, 0) is 0 Å². The second-order valence-electron chi connectivity index (χ2n) is 6.67. The Morgan fingerprint density at radius 2 is 0.484 bits per heavy atom. The summed E-state index contributed by atoms with van der Waals surface area (Å²) in [6, 6.07) is 0. The maximum absolute atomic E-state index is 2.85. The fourth-order valence-corrected chi connectivity index (χ4v) is 0.510. The maximum atomic E-state index is 2.85. The van der Waals surface area contributed by atoms with Crippen molar-refractivity contribution in [1.82, 2.24) is 0 Å². The molecule has 0 saturated carbocycles. The molecule has 0 saturated heterocycles. The van der Waals surface area contributed by atoms with E-state index in [1.807, 2.05) is 12.2 Å². The van der Waals surface area contributed by atoms with Crippen LogP contribution in [0.4, 0.5) is 0 Å². The molecule has 0 aromatic carbocycles. The third-order valence-corrected chi connectivity index (χ3v) is 3.85. The average Bonchev–Trinajstić information content (AvgIpc) is 3.39. The largest absolute Gasteiger partial charge is 0.0654 e. The van der Waals surface area contributed by atoms with Crippen LogP contribution in [0.25, 0.3) is 0 Å². The van der Waals surface area contributed by atoms with Gasteiger partial charge in [0.25, 0.3) is 0 Å². The van der Waals surface area contributed by atoms with E-state index in [0.717, 1.165) is 0 Å². The second kappa shape index (κ2) is 86.0. The molecule has 0 unspecified atom stereocenters. The summed E-state index contributed by atoms with van der Waals surface area (Å²) in [5.74, 6) is 0. The molecular weight excluding hydrogens is 606 g/mol. The zero-order valence-corrected chi connectivity index (χ0v) is 30.6. The Morgan fingerprint density at radius 3 is 0.516 bits per heavy atom. The fourth-order valence-electron chi connectivity index (χ4n) is 0.170. The molecule has 1 aliphatic heterocycles. The van der Waals surface area contributed by atoms with E-state index in [0.29, 0.717) is 0 Å². The maximum Gasteiger partial charge on any atom is 0.00000311 e. The van der Waals surface area contributed by atoms with Crippen LogP contribution in [0.1, 0.15) is 160 Å². The predicted octanol–water partition coefficient (Wildman–Crippen LogP) is 10.7. The molecular formula is C28H62SSn2. The van der Waals surface area contributed by atoms with E-state index in [1.54, 1.807) is 0 Å². The topological polar surface area (TPSA) is 0 Å². The molecule has 1 aliphatic rings. The quantitative estimate of drug-likeness (QED) is 0.195. The first-order valence-corrected chi connectivity index (χ1v) is 13.6. The molecule has 0 N–H and O–H groups in total. The van der Waals surface area contributed by atoms with Crippen molar-refractivity contribution in [3.05, 3.63) is 12.2 Å². The SMILES string of the molecule is C1=CC=C=S=1.CCCC.CCCC.CCCC.CCCC.CCCC.CCCC.[Sn].[Sn]. The van der Waals surface area contributed by atoms with E-state index in [-0.39, 0.29) is 47.8 Å². The first-order chi connectivity index (χ1) is 14.0. The Bertz CT molecular complexity index is 250. The van der Waals surface area contributed by atoms with Gasteiger partial charge in [0.05, 0.1) is 0 Å². The van der Waals surface area contributed by atoms with E-state index >= 15 is 0 Å². The van der Waals surface area contributed by atoms with Crippen molar-refractivity contribution < 1.29 is 0 Å². The summed E-state index contributed by atoms with van der Waals surface area (Å²) >= 11 is 0. The summed E-state index contributed by atoms with van der Waals surface area (Å²) in [5.41, 5.74) is 0. The van der Waals surface area contributed by atoms with E-state index in [4.69, 9.17) is 0 Å². The van der Waals surface area contributed by atoms with Gasteiger partial charge in [-0.15, -0.1) is 0 Å². The second-order valence-corrected chi connectivity index (χ2v) is 7.35. The van der Waals surface area contributed by atoms with Gasteiger partial charge in [-0.2, -0.15) is 0 Å². The molecule has 0 fully saturated rings. The molecule has 0 aromatic heterocycles. The summed E-state index contributed by atoms with van der Waals surface area (Å²) in [6.07, 6.45) is 19.5. The third-order valence-electron chi connectivity index (χ3n) is 3.34. The van der Waals surface area contributed by atoms with Crippen LogP contribution in [0, 0.1) is 0 Å². The van der Waals surface area contributed by atoms with Crippen LogP contribution in [0.2, 0.25) is 0 Å². The van der Waals surface area contributed by atoms with Gasteiger partial charge in [0.1, 0.15) is 0 Å². The van der Waals surface area contributed by atoms with E-state index in [1.165, 1.54) is 88.0 Å². The molecule has 0 amide bonds. The van der Waals surface area contributed by atoms with Crippen LogP contribution in [-0.4, -0.2) is 57.9 Å². The Morgan fingerprint density at radius 1 is 0.355 bits per heavy atom. The van der Waals surface area contributed by atoms with Crippen molar-refractivity contribution in [2.24, 2.45) is 0 Å². The molecule has 0 aromatic rings. The van der Waals surface area contributed by atoms with Crippen LogP contribution in [0.3, 0.4) is 0 Å². The third kappa shape index (κ3) is 180. The molecule has 0 atom stereocenters. The number of rotatable bonds is 6. The minimum atomic E-state index is 0. The van der Waals surface area contributed by atoms with E-state index < -0.39 is 0 Å². The molecule has 1 rings (SSSR count). The molecule has 1 heterocycles. The van der Waals surface area contributed by atoms with Gasteiger partial charge in [-0.25, -0.2) is 0 Å². The average molecular weight is 668 g/mol. The summed E-state index contributed by atoms with van der Waals surface area (Å²) in [4.78, 5) is 0. The minimum Gasteiger partial charge on any atom is -0.0654 e. The fraction of sp³-hybridized carbons (Fsp3) is 0.857. The molecule has 3 heteroatoms. The first kappa shape index (κ1) is 53.5. The molecule has 8 radical (unpaired) electrons. The smallest absolute Gasteiger partial charge is 0.00000311 e. The zero-order valence-electron chi connectivity index (χ0n) is 24.0. The van der Waals surface area contributed by atoms with Crippen molar-refractivity contribution in [2.45, 2.75) is 160 Å². The van der Waals surface area contributed by atoms with Gasteiger partial charge in [0, 0.05) is 60.0 Å². The number of hydrogen-bond donors (Lipinski definition) is 0. The zero-order chi connectivity index (χ0) is 24.0. The standard InChI is InChI=1S/C4H2S.6C4H10.2Sn/c1-2-4-5-3-1;6*1-3-4-2;;/h1-2H;6*3-4H2,1-2H3;;. The van der Waals surface area contributed by atoms with Gasteiger partial charge in [-0.05, 0) is 21.0 Å². The number of unbranched alkanes of at least 4 members (excludes halogenated alkanes) is 6. The molecule has 0 bridgehead atoms. The Balaban J connectivity index is -0.0000000329. The Kier molecular flexibility index (Phi) is 148. The normalized spacial score (nSPS) is 7.87. The monoisotopic (exact) mass is 670 g/mol. The predicted molar refractivity (Wildman–Crippen MR) is 162 cm³/mol. The Labute approximate surface area is 239 Å². The van der Waals surface area contributed by atoms with Crippen molar-refractivity contribution >= 4 is 68.8 Å². The van der Waals surface area contributed by atoms with Crippen LogP contribution in [0.15, 0.2) is 12.2 Å². The van der Waals surface area contributed by atoms with Crippen molar-refractivity contribution in [3.8, 4) is 0 Å². The molecule has 0 nitrogen and oxygen atoms in total. The summed E-state index contributed by atoms with van der Waals surface area (Å²) in [7, 11) is 1.46. The van der Waals surface area contributed by atoms with Gasteiger partial charge >= 0.3 is 0 Å². The van der Waals surface area contributed by atoms with Gasteiger partial charge in [0.15, 0.2) is 0 Å². The summed E-state index contributed by atoms with van der Waals surface area (Å²) in [5, 5.41) is 5.69.